The van der Waals surface area contributed by atoms with E-state index in [1.54, 1.807) is 39.0 Å². The molecule has 0 radical (unpaired) electrons. The van der Waals surface area contributed by atoms with Gasteiger partial charge in [0.1, 0.15) is 35.6 Å². The molecule has 2 aromatic rings. The molecular weight excluding hydrogens is 807 g/mol. The molecule has 3 saturated carbocycles. The molecule has 60 heavy (non-hydrogen) atoms. The van der Waals surface area contributed by atoms with E-state index in [2.05, 4.69) is 17.6 Å². The highest BCUT2D eigenvalue weighted by atomic mass is 32.2. The van der Waals surface area contributed by atoms with Crippen LogP contribution in [0.5, 0.6) is 11.8 Å². The summed E-state index contributed by atoms with van der Waals surface area (Å²) in [6.07, 6.45) is -1.01. The van der Waals surface area contributed by atoms with Crippen LogP contribution in [-0.2, 0) is 35.7 Å². The van der Waals surface area contributed by atoms with Gasteiger partial charge in [0.05, 0.1) is 35.2 Å². The number of alkyl halides is 2. The van der Waals surface area contributed by atoms with Crippen molar-refractivity contribution in [1.29, 1.82) is 0 Å². The molecule has 3 heterocycles. The number of hydrogen-bond acceptors (Lipinski definition) is 11. The minimum absolute atomic E-state index is 0.0614. The number of amides is 4. The van der Waals surface area contributed by atoms with Gasteiger partial charge in [0.25, 0.3) is 17.5 Å². The highest BCUT2D eigenvalue weighted by molar-refractivity contribution is 7.91. The molecular formula is C41H56F2N6O10S. The van der Waals surface area contributed by atoms with E-state index in [9.17, 15) is 41.2 Å². The first-order valence-corrected chi connectivity index (χ1v) is 22.3. The molecule has 0 unspecified atom stereocenters. The predicted octanol–water partition coefficient (Wildman–Crippen LogP) is 4.02. The predicted molar refractivity (Wildman–Crippen MR) is 214 cm³/mol. The second-order valence-electron chi connectivity index (χ2n) is 18.8. The summed E-state index contributed by atoms with van der Waals surface area (Å²) in [5, 5.41) is 5.51. The number of ether oxygens (including phenoxy) is 3. The lowest BCUT2D eigenvalue weighted by Gasteiger charge is -2.35. The SMILES string of the molecule is COc1ccc2c(=O)n3c(nc2c1)O[C@@H]1C[C@@H](C(=O)N[C@]2(C(=O)NS(=O)(=O)C4(C)CC4)C[C@H]2C(F)F)N(C1)C(=O)[C@H](C(C)(C)C)NC(=O)O[C@@H]1C[C@H](C)C[C@H]1CCCCC3. The van der Waals surface area contributed by atoms with Gasteiger partial charge in [-0.25, -0.2) is 22.0 Å². The van der Waals surface area contributed by atoms with E-state index in [-0.39, 0.29) is 55.9 Å². The Bertz CT molecular complexity index is 2210. The Hall–Kier alpha value is -4.55. The molecule has 4 fully saturated rings. The second kappa shape index (κ2) is 16.0. The fourth-order valence-corrected chi connectivity index (χ4v) is 10.3. The number of carbonyl (C=O) groups is 4. The minimum Gasteiger partial charge on any atom is -0.497 e. The van der Waals surface area contributed by atoms with Crippen LogP contribution in [0.4, 0.5) is 13.6 Å². The van der Waals surface area contributed by atoms with Crippen molar-refractivity contribution in [3.8, 4) is 11.8 Å². The zero-order valence-electron chi connectivity index (χ0n) is 34.9. The Balaban J connectivity index is 1.26. The largest absolute Gasteiger partial charge is 0.497 e. The Morgan fingerprint density at radius 3 is 2.45 bits per heavy atom. The standard InChI is InChI=1S/C41H56F2N6O10S/c1-22-16-23-10-8-7-9-15-48-34(51)26-12-11-24(57-6)18-28(26)44-37(48)58-25-19-29(49(21-25)35(52)31(39(2,3)4)45-38(54)59-30(23)17-22)33(50)46-41(20-27(41)32(42)43)36(53)47-60(55,56)40(5)13-14-40/h11-12,18,22-23,25,27,29-32H,7-10,13-17,19-21H2,1-6H3,(H,45,54)(H,46,50)(H,47,53)/t22-,23-,25-,27+,29+,30-,31-,41-/m1/s1. The van der Waals surface area contributed by atoms with Crippen molar-refractivity contribution < 1.29 is 50.6 Å². The number of sulfonamides is 1. The second-order valence-corrected chi connectivity index (χ2v) is 21.0. The summed E-state index contributed by atoms with van der Waals surface area (Å²) < 4.78 is 74.6. The summed E-state index contributed by atoms with van der Waals surface area (Å²) in [6, 6.07) is 2.10. The van der Waals surface area contributed by atoms with Gasteiger partial charge in [0.15, 0.2) is 0 Å². The van der Waals surface area contributed by atoms with E-state index in [4.69, 9.17) is 19.2 Å². The normalized spacial score (nSPS) is 30.8. The van der Waals surface area contributed by atoms with E-state index in [0.717, 1.165) is 25.7 Å². The number of carbonyl (C=O) groups excluding carboxylic acids is 4. The van der Waals surface area contributed by atoms with Crippen molar-refractivity contribution in [2.24, 2.45) is 23.2 Å². The van der Waals surface area contributed by atoms with Crippen molar-refractivity contribution in [1.82, 2.24) is 29.8 Å². The monoisotopic (exact) mass is 862 g/mol. The van der Waals surface area contributed by atoms with E-state index < -0.39 is 86.5 Å². The van der Waals surface area contributed by atoms with Gasteiger partial charge in [-0.05, 0) is 81.3 Å². The summed E-state index contributed by atoms with van der Waals surface area (Å²) in [7, 11) is -2.78. The number of nitrogens with zero attached hydrogens (tertiary/aromatic N) is 3. The van der Waals surface area contributed by atoms with Gasteiger partial charge in [0, 0.05) is 19.0 Å². The number of hydrogen-bond donors (Lipinski definition) is 3. The summed E-state index contributed by atoms with van der Waals surface area (Å²) in [6.45, 7) is 8.69. The highest BCUT2D eigenvalue weighted by Crippen LogP contribution is 2.49. The molecule has 1 saturated heterocycles. The van der Waals surface area contributed by atoms with Crippen LogP contribution in [0.25, 0.3) is 10.9 Å². The summed E-state index contributed by atoms with van der Waals surface area (Å²) in [4.78, 5) is 76.4. The van der Waals surface area contributed by atoms with Crippen LogP contribution in [0.1, 0.15) is 98.8 Å². The number of methoxy groups -OCH3 is 1. The Kier molecular flexibility index (Phi) is 11.6. The third-order valence-corrected chi connectivity index (χ3v) is 15.3. The molecule has 2 bridgehead atoms. The van der Waals surface area contributed by atoms with Crippen molar-refractivity contribution in [2.75, 3.05) is 13.7 Å². The number of halogens is 2. The van der Waals surface area contributed by atoms with Crippen LogP contribution in [0.15, 0.2) is 23.0 Å². The molecule has 1 aromatic heterocycles. The molecule has 3 N–H and O–H groups in total. The summed E-state index contributed by atoms with van der Waals surface area (Å²) >= 11 is 0. The highest BCUT2D eigenvalue weighted by Gasteiger charge is 2.67. The zero-order valence-corrected chi connectivity index (χ0v) is 35.7. The van der Waals surface area contributed by atoms with Gasteiger partial charge in [-0.15, -0.1) is 0 Å². The minimum atomic E-state index is -4.26. The summed E-state index contributed by atoms with van der Waals surface area (Å²) in [5.74, 6) is -3.84. The van der Waals surface area contributed by atoms with Crippen LogP contribution >= 0.6 is 0 Å². The fourth-order valence-electron chi connectivity index (χ4n) is 9.02. The smallest absolute Gasteiger partial charge is 0.408 e. The molecule has 7 rings (SSSR count). The lowest BCUT2D eigenvalue weighted by atomic mass is 9.85. The first kappa shape index (κ1) is 43.5. The third-order valence-electron chi connectivity index (χ3n) is 13.1. The van der Waals surface area contributed by atoms with Gasteiger partial charge >= 0.3 is 6.09 Å². The molecule has 4 amide bonds. The van der Waals surface area contributed by atoms with Crippen molar-refractivity contribution >= 4 is 44.7 Å². The number of rotatable bonds is 7. The maximum Gasteiger partial charge on any atom is 0.408 e. The molecule has 8 atom stereocenters. The van der Waals surface area contributed by atoms with E-state index in [0.29, 0.717) is 35.4 Å². The van der Waals surface area contributed by atoms with Crippen LogP contribution in [0, 0.1) is 23.2 Å². The Morgan fingerprint density at radius 1 is 1.07 bits per heavy atom. The Morgan fingerprint density at radius 2 is 1.80 bits per heavy atom. The molecule has 0 spiro atoms. The van der Waals surface area contributed by atoms with Crippen LogP contribution in [0.3, 0.4) is 0 Å². The number of aromatic nitrogens is 2. The maximum atomic E-state index is 14.8. The van der Waals surface area contributed by atoms with Gasteiger partial charge < -0.3 is 29.7 Å². The number of nitrogens with one attached hydrogen (secondary N) is 3. The van der Waals surface area contributed by atoms with Gasteiger partial charge in [-0.3, -0.25) is 28.5 Å². The average molecular weight is 863 g/mol. The quantitative estimate of drug-likeness (QED) is 0.363. The van der Waals surface area contributed by atoms with Crippen LogP contribution in [0.2, 0.25) is 0 Å². The summed E-state index contributed by atoms with van der Waals surface area (Å²) in [5.41, 5.74) is -3.29. The lowest BCUT2D eigenvalue weighted by Crippen LogP contribution is -2.60. The van der Waals surface area contributed by atoms with Crippen LogP contribution < -0.4 is 30.4 Å². The van der Waals surface area contributed by atoms with E-state index in [1.807, 2.05) is 4.72 Å². The molecule has 2 aliphatic heterocycles. The molecule has 16 nitrogen and oxygen atoms in total. The molecule has 1 aromatic carbocycles. The zero-order chi connectivity index (χ0) is 43.5. The topological polar surface area (TPSA) is 204 Å². The first-order chi connectivity index (χ1) is 28.2. The lowest BCUT2D eigenvalue weighted by molar-refractivity contribution is -0.143. The third kappa shape index (κ3) is 8.51. The van der Waals surface area contributed by atoms with Gasteiger partial charge in [-0.2, -0.15) is 4.98 Å². The number of benzene rings is 1. The molecule has 19 heteroatoms. The van der Waals surface area contributed by atoms with Crippen molar-refractivity contribution in [3.63, 3.8) is 0 Å². The molecule has 3 aliphatic carbocycles. The number of alkyl carbamates (subject to hydrolysis) is 1. The van der Waals surface area contributed by atoms with E-state index >= 15 is 0 Å². The van der Waals surface area contributed by atoms with E-state index in [1.165, 1.54) is 23.5 Å². The number of fused-ring (bicyclic) bond motifs is 5. The molecule has 5 aliphatic rings. The van der Waals surface area contributed by atoms with Gasteiger partial charge in [-0.1, -0.05) is 40.5 Å². The molecule has 330 valence electrons. The van der Waals surface area contributed by atoms with Gasteiger partial charge in [0.2, 0.25) is 28.3 Å². The van der Waals surface area contributed by atoms with Crippen LogP contribution in [-0.4, -0.2) is 101 Å². The average Bonchev–Trinajstić information content (AvgIpc) is 4.02. The Labute approximate surface area is 347 Å². The van der Waals surface area contributed by atoms with Crippen molar-refractivity contribution in [2.45, 2.75) is 146 Å². The van der Waals surface area contributed by atoms with Crippen molar-refractivity contribution in [3.05, 3.63) is 28.6 Å². The first-order valence-electron chi connectivity index (χ1n) is 20.9. The fraction of sp³-hybridized carbons (Fsp3) is 0.707. The maximum absolute atomic E-state index is 14.8.